The molecule has 0 aromatic carbocycles. The van der Waals surface area contributed by atoms with Crippen LogP contribution in [0.1, 0.15) is 6.92 Å². The molecule has 0 fully saturated rings. The lowest BCUT2D eigenvalue weighted by Crippen LogP contribution is -2.02. The van der Waals surface area contributed by atoms with Crippen molar-refractivity contribution >= 4 is 27.0 Å². The maximum Gasteiger partial charge on any atom is 0.342 e. The number of aromatic nitrogens is 4. The van der Waals surface area contributed by atoms with Crippen LogP contribution in [0.3, 0.4) is 0 Å². The van der Waals surface area contributed by atoms with Crippen LogP contribution in [0.25, 0.3) is 10.8 Å². The minimum absolute atomic E-state index is 0.0810. The van der Waals surface area contributed by atoms with Crippen molar-refractivity contribution in [2.75, 3.05) is 5.75 Å². The molecule has 0 amide bonds. The molecule has 2 aromatic heterocycles. The van der Waals surface area contributed by atoms with E-state index in [0.29, 0.717) is 0 Å². The van der Waals surface area contributed by atoms with Gasteiger partial charge in [-0.2, -0.15) is 0 Å². The van der Waals surface area contributed by atoms with Gasteiger partial charge in [0.15, 0.2) is 0 Å². The molecule has 11 heteroatoms. The summed E-state index contributed by atoms with van der Waals surface area (Å²) in [6, 6.07) is 0. The lowest BCUT2D eigenvalue weighted by Gasteiger charge is -1.94. The Morgan fingerprint density at radius 3 is 2.68 bits per heavy atom. The third-order valence-corrected chi connectivity index (χ3v) is 5.49. The highest BCUT2D eigenvalue weighted by Gasteiger charge is 2.24. The Hall–Kier alpha value is -1.88. The Labute approximate surface area is 112 Å². The van der Waals surface area contributed by atoms with Gasteiger partial charge in [-0.1, -0.05) is 18.3 Å². The van der Waals surface area contributed by atoms with Crippen LogP contribution < -0.4 is 0 Å². The minimum Gasteiger partial charge on any atom is -0.358 e. The second-order valence-corrected chi connectivity index (χ2v) is 6.96. The first kappa shape index (κ1) is 13.5. The molecule has 0 aliphatic rings. The summed E-state index contributed by atoms with van der Waals surface area (Å²) >= 11 is 0.841. The molecule has 2 aromatic rings. The minimum atomic E-state index is -3.43. The lowest BCUT2D eigenvalue weighted by molar-refractivity contribution is -0.391. The zero-order valence-electron chi connectivity index (χ0n) is 9.97. The molecule has 102 valence electrons. The number of nitro groups is 1. The van der Waals surface area contributed by atoms with E-state index in [4.69, 9.17) is 0 Å². The van der Waals surface area contributed by atoms with Gasteiger partial charge in [0, 0.05) is 0 Å². The second-order valence-electron chi connectivity index (χ2n) is 3.53. The smallest absolute Gasteiger partial charge is 0.342 e. The maximum atomic E-state index is 11.6. The van der Waals surface area contributed by atoms with Gasteiger partial charge < -0.3 is 10.1 Å². The largest absolute Gasteiger partial charge is 0.358 e. The molecule has 0 unspecified atom stereocenters. The number of nitrogens with zero attached hydrogens (tertiary/aromatic N) is 5. The fourth-order valence-corrected chi connectivity index (χ4v) is 3.44. The molecule has 2 rings (SSSR count). The SMILES string of the molecule is CCS(=O)(=O)c1nnc(-c2ncc([N+](=O)[O-])n2C)s1. The van der Waals surface area contributed by atoms with E-state index < -0.39 is 14.8 Å². The van der Waals surface area contributed by atoms with Gasteiger partial charge in [0.05, 0.1) is 12.8 Å². The van der Waals surface area contributed by atoms with Crippen molar-refractivity contribution in [1.29, 1.82) is 0 Å². The van der Waals surface area contributed by atoms with Crippen LogP contribution >= 0.6 is 11.3 Å². The van der Waals surface area contributed by atoms with Crippen LogP contribution in [0.4, 0.5) is 5.82 Å². The van der Waals surface area contributed by atoms with Crippen molar-refractivity contribution in [2.24, 2.45) is 7.05 Å². The van der Waals surface area contributed by atoms with E-state index in [9.17, 15) is 18.5 Å². The van der Waals surface area contributed by atoms with Crippen LogP contribution in [0.5, 0.6) is 0 Å². The molecule has 9 nitrogen and oxygen atoms in total. The Bertz CT molecular complexity index is 732. The molecule has 0 radical (unpaired) electrons. The molecule has 19 heavy (non-hydrogen) atoms. The van der Waals surface area contributed by atoms with Gasteiger partial charge in [0.1, 0.15) is 6.20 Å². The molecule has 0 N–H and O–H groups in total. The van der Waals surface area contributed by atoms with Gasteiger partial charge in [-0.05, 0) is 4.92 Å². The van der Waals surface area contributed by atoms with Crippen molar-refractivity contribution in [3.63, 3.8) is 0 Å². The van der Waals surface area contributed by atoms with Crippen LogP contribution in [0, 0.1) is 10.1 Å². The molecular weight excluding hydrogens is 294 g/mol. The van der Waals surface area contributed by atoms with Crippen LogP contribution in [0.2, 0.25) is 0 Å². The zero-order valence-corrected chi connectivity index (χ0v) is 11.6. The fraction of sp³-hybridized carbons (Fsp3) is 0.375. The highest BCUT2D eigenvalue weighted by atomic mass is 32.2. The van der Waals surface area contributed by atoms with Crippen molar-refractivity contribution in [3.05, 3.63) is 16.3 Å². The molecule has 0 saturated heterocycles. The third kappa shape index (κ3) is 2.33. The van der Waals surface area contributed by atoms with Gasteiger partial charge in [-0.25, -0.2) is 18.0 Å². The van der Waals surface area contributed by atoms with Crippen LogP contribution in [-0.2, 0) is 16.9 Å². The van der Waals surface area contributed by atoms with Gasteiger partial charge in [-0.3, -0.25) is 0 Å². The average molecular weight is 303 g/mol. The van der Waals surface area contributed by atoms with E-state index in [0.717, 1.165) is 17.5 Å². The van der Waals surface area contributed by atoms with Crippen molar-refractivity contribution in [2.45, 2.75) is 11.3 Å². The molecule has 0 atom stereocenters. The molecule has 2 heterocycles. The molecule has 0 aliphatic carbocycles. The summed E-state index contributed by atoms with van der Waals surface area (Å²) in [4.78, 5) is 14.0. The topological polar surface area (TPSA) is 121 Å². The van der Waals surface area contributed by atoms with Gasteiger partial charge in [0.25, 0.3) is 5.82 Å². The summed E-state index contributed by atoms with van der Waals surface area (Å²) in [5, 5.41) is 18.2. The summed E-state index contributed by atoms with van der Waals surface area (Å²) in [6.07, 6.45) is 1.09. The Balaban J connectivity index is 2.47. The first-order valence-electron chi connectivity index (χ1n) is 5.09. The first-order valence-corrected chi connectivity index (χ1v) is 7.56. The maximum absolute atomic E-state index is 11.6. The molecular formula is C8H9N5O4S2. The predicted octanol–water partition coefficient (Wildman–Crippen LogP) is 0.640. The van der Waals surface area contributed by atoms with E-state index >= 15 is 0 Å². The lowest BCUT2D eigenvalue weighted by atomic mass is 10.6. The Kier molecular flexibility index (Phi) is 3.32. The summed E-state index contributed by atoms with van der Waals surface area (Å²) in [5.41, 5.74) is 0. The molecule has 0 spiro atoms. The number of imidazole rings is 1. The number of rotatable bonds is 4. The summed E-state index contributed by atoms with van der Waals surface area (Å²) in [6.45, 7) is 1.50. The van der Waals surface area contributed by atoms with Gasteiger partial charge in [-0.15, -0.1) is 10.2 Å². The standard InChI is InChI=1S/C8H9N5O4S2/c1-3-19(16,17)8-11-10-7(18-8)6-9-4-5(12(6)2)13(14)15/h4H,3H2,1-2H3. The number of hydrogen-bond donors (Lipinski definition) is 0. The van der Waals surface area contributed by atoms with Crippen molar-refractivity contribution in [3.8, 4) is 10.8 Å². The van der Waals surface area contributed by atoms with Gasteiger partial charge in [0.2, 0.25) is 19.2 Å². The summed E-state index contributed by atoms with van der Waals surface area (Å²) in [5.74, 6) is -0.0747. The van der Waals surface area contributed by atoms with E-state index in [1.807, 2.05) is 0 Å². The highest BCUT2D eigenvalue weighted by molar-refractivity contribution is 7.93. The number of sulfone groups is 1. The highest BCUT2D eigenvalue weighted by Crippen LogP contribution is 2.27. The molecule has 0 bridgehead atoms. The zero-order chi connectivity index (χ0) is 14.2. The number of hydrogen-bond acceptors (Lipinski definition) is 8. The van der Waals surface area contributed by atoms with Crippen molar-refractivity contribution in [1.82, 2.24) is 19.7 Å². The fourth-order valence-electron chi connectivity index (χ4n) is 1.32. The molecule has 0 saturated carbocycles. The average Bonchev–Trinajstić information content (AvgIpc) is 2.95. The summed E-state index contributed by atoms with van der Waals surface area (Å²) < 4.78 is 24.3. The second kappa shape index (κ2) is 4.66. The van der Waals surface area contributed by atoms with E-state index in [-0.39, 0.29) is 26.7 Å². The predicted molar refractivity (Wildman–Crippen MR) is 66.5 cm³/mol. The van der Waals surface area contributed by atoms with Crippen LogP contribution in [-0.4, -0.2) is 38.8 Å². The Morgan fingerprint density at radius 1 is 1.47 bits per heavy atom. The third-order valence-electron chi connectivity index (χ3n) is 2.39. The first-order chi connectivity index (χ1) is 8.86. The normalized spacial score (nSPS) is 11.7. The van der Waals surface area contributed by atoms with E-state index in [1.165, 1.54) is 18.5 Å². The van der Waals surface area contributed by atoms with Crippen molar-refractivity contribution < 1.29 is 13.3 Å². The summed E-state index contributed by atoms with van der Waals surface area (Å²) in [7, 11) is -1.98. The van der Waals surface area contributed by atoms with Crippen LogP contribution in [0.15, 0.2) is 10.5 Å². The Morgan fingerprint density at radius 2 is 2.16 bits per heavy atom. The quantitative estimate of drug-likeness (QED) is 0.600. The van der Waals surface area contributed by atoms with E-state index in [2.05, 4.69) is 15.2 Å². The van der Waals surface area contributed by atoms with Gasteiger partial charge >= 0.3 is 5.82 Å². The van der Waals surface area contributed by atoms with E-state index in [1.54, 1.807) is 0 Å². The molecule has 0 aliphatic heterocycles. The monoisotopic (exact) mass is 303 g/mol.